The fraction of sp³-hybridized carbons (Fsp3) is 0.500. The molecule has 0 aliphatic heterocycles. The minimum absolute atomic E-state index is 0.0868. The highest BCUT2D eigenvalue weighted by atomic mass is 16.4. The molecule has 20 heavy (non-hydrogen) atoms. The second-order valence-electron chi connectivity index (χ2n) is 5.07. The summed E-state index contributed by atoms with van der Waals surface area (Å²) in [6.45, 7) is 1.12. The number of carboxylic acids is 1. The van der Waals surface area contributed by atoms with E-state index in [4.69, 9.17) is 0 Å². The van der Waals surface area contributed by atoms with Gasteiger partial charge in [0.05, 0.1) is 0 Å². The van der Waals surface area contributed by atoms with Gasteiger partial charge in [-0.2, -0.15) is 0 Å². The Morgan fingerprint density at radius 3 is 2.65 bits per heavy atom. The Hall–Kier alpha value is -2.38. The minimum atomic E-state index is -1.32. The van der Waals surface area contributed by atoms with Crippen molar-refractivity contribution in [3.8, 4) is 0 Å². The van der Waals surface area contributed by atoms with E-state index in [9.17, 15) is 24.3 Å². The van der Waals surface area contributed by atoms with Gasteiger partial charge in [-0.3, -0.25) is 19.1 Å². The number of rotatable bonds is 5. The number of amides is 1. The van der Waals surface area contributed by atoms with Crippen LogP contribution in [0.1, 0.15) is 19.8 Å². The molecule has 8 heteroatoms. The number of carboxylic acid groups (broad SMARTS) is 1. The number of aromatic nitrogens is 2. The van der Waals surface area contributed by atoms with Crippen molar-refractivity contribution in [2.24, 2.45) is 5.92 Å². The molecule has 1 aromatic heterocycles. The van der Waals surface area contributed by atoms with Crippen LogP contribution in [0.3, 0.4) is 0 Å². The van der Waals surface area contributed by atoms with Gasteiger partial charge in [-0.05, 0) is 25.7 Å². The fourth-order valence-corrected chi connectivity index (χ4v) is 2.04. The molecule has 1 heterocycles. The lowest BCUT2D eigenvalue weighted by Gasteiger charge is -2.26. The zero-order valence-electron chi connectivity index (χ0n) is 10.9. The summed E-state index contributed by atoms with van der Waals surface area (Å²) in [7, 11) is 0. The molecule has 108 valence electrons. The number of H-pyrrole nitrogens is 1. The number of hydrogen-bond donors (Lipinski definition) is 3. The van der Waals surface area contributed by atoms with Crippen LogP contribution in [0.5, 0.6) is 0 Å². The molecule has 1 unspecified atom stereocenters. The smallest absolute Gasteiger partial charge is 0.329 e. The summed E-state index contributed by atoms with van der Waals surface area (Å²) in [6, 6.07) is 1.12. The number of nitrogens with one attached hydrogen (secondary N) is 2. The third-order valence-electron chi connectivity index (χ3n) is 3.45. The van der Waals surface area contributed by atoms with E-state index in [0.29, 0.717) is 0 Å². The van der Waals surface area contributed by atoms with Crippen LogP contribution >= 0.6 is 0 Å². The molecule has 3 N–H and O–H groups in total. The first-order valence-electron chi connectivity index (χ1n) is 6.17. The quantitative estimate of drug-likeness (QED) is 0.633. The van der Waals surface area contributed by atoms with Gasteiger partial charge >= 0.3 is 11.7 Å². The highest BCUT2D eigenvalue weighted by molar-refractivity contribution is 5.87. The maximum absolute atomic E-state index is 11.9. The molecule has 0 radical (unpaired) electrons. The third kappa shape index (κ3) is 2.79. The minimum Gasteiger partial charge on any atom is -0.480 e. The highest BCUT2D eigenvalue weighted by Crippen LogP contribution is 2.39. The molecule has 0 saturated heterocycles. The molecule has 1 aliphatic carbocycles. The molecule has 1 fully saturated rings. The van der Waals surface area contributed by atoms with Gasteiger partial charge in [0.1, 0.15) is 12.1 Å². The van der Waals surface area contributed by atoms with E-state index in [-0.39, 0.29) is 12.5 Å². The SMILES string of the molecule is CC(NC(=O)Cn1ccc(=O)[nH]c1=O)(C(=O)O)C1CC1. The molecular weight excluding hydrogens is 266 g/mol. The first kappa shape index (κ1) is 14.0. The average molecular weight is 281 g/mol. The summed E-state index contributed by atoms with van der Waals surface area (Å²) in [4.78, 5) is 47.5. The number of aromatic amines is 1. The predicted octanol–water partition coefficient (Wildman–Crippen LogP) is -1.09. The van der Waals surface area contributed by atoms with Gasteiger partial charge in [-0.15, -0.1) is 0 Å². The Morgan fingerprint density at radius 2 is 2.15 bits per heavy atom. The molecule has 2 rings (SSSR count). The second kappa shape index (κ2) is 4.95. The Balaban J connectivity index is 2.10. The monoisotopic (exact) mass is 281 g/mol. The molecule has 0 aromatic carbocycles. The van der Waals surface area contributed by atoms with Crippen LogP contribution in [0.15, 0.2) is 21.9 Å². The fourth-order valence-electron chi connectivity index (χ4n) is 2.04. The second-order valence-corrected chi connectivity index (χ2v) is 5.07. The first-order valence-corrected chi connectivity index (χ1v) is 6.17. The molecule has 1 aromatic rings. The Labute approximate surface area is 113 Å². The van der Waals surface area contributed by atoms with Crippen LogP contribution in [0.2, 0.25) is 0 Å². The molecular formula is C12H15N3O5. The maximum atomic E-state index is 11.9. The van der Waals surface area contributed by atoms with E-state index in [1.807, 2.05) is 4.98 Å². The summed E-state index contributed by atoms with van der Waals surface area (Å²) in [6.07, 6.45) is 2.69. The molecule has 1 aliphatic rings. The van der Waals surface area contributed by atoms with Gasteiger partial charge in [0.2, 0.25) is 5.91 Å². The Morgan fingerprint density at radius 1 is 1.50 bits per heavy atom. The van der Waals surface area contributed by atoms with Crippen molar-refractivity contribution in [1.29, 1.82) is 0 Å². The molecule has 1 atom stereocenters. The molecule has 0 bridgehead atoms. The van der Waals surface area contributed by atoms with Crippen molar-refractivity contribution >= 4 is 11.9 Å². The topological polar surface area (TPSA) is 121 Å². The van der Waals surface area contributed by atoms with Gasteiger partial charge < -0.3 is 10.4 Å². The lowest BCUT2D eigenvalue weighted by Crippen LogP contribution is -2.55. The number of carbonyl (C=O) groups excluding carboxylic acids is 1. The Bertz CT molecular complexity index is 658. The van der Waals surface area contributed by atoms with E-state index in [1.54, 1.807) is 0 Å². The van der Waals surface area contributed by atoms with Crippen molar-refractivity contribution in [3.05, 3.63) is 33.1 Å². The molecule has 8 nitrogen and oxygen atoms in total. The molecule has 1 saturated carbocycles. The third-order valence-corrected chi connectivity index (χ3v) is 3.45. The van der Waals surface area contributed by atoms with E-state index in [2.05, 4.69) is 5.32 Å². The molecule has 1 amide bonds. The van der Waals surface area contributed by atoms with Crippen LogP contribution in [-0.2, 0) is 16.1 Å². The van der Waals surface area contributed by atoms with Crippen molar-refractivity contribution in [1.82, 2.24) is 14.9 Å². The predicted molar refractivity (Wildman–Crippen MR) is 68.2 cm³/mol. The lowest BCUT2D eigenvalue weighted by atomic mass is 9.96. The van der Waals surface area contributed by atoms with Crippen molar-refractivity contribution in [2.45, 2.75) is 31.8 Å². The van der Waals surface area contributed by atoms with Gasteiger partial charge in [-0.1, -0.05) is 0 Å². The van der Waals surface area contributed by atoms with Crippen LogP contribution in [-0.4, -0.2) is 32.1 Å². The van der Waals surface area contributed by atoms with Gasteiger partial charge in [0.15, 0.2) is 0 Å². The number of hydrogen-bond acceptors (Lipinski definition) is 4. The van der Waals surface area contributed by atoms with E-state index < -0.39 is 28.7 Å². The molecule has 0 spiro atoms. The van der Waals surface area contributed by atoms with Gasteiger partial charge in [0.25, 0.3) is 5.56 Å². The van der Waals surface area contributed by atoms with Crippen LogP contribution in [0.25, 0.3) is 0 Å². The van der Waals surface area contributed by atoms with Gasteiger partial charge in [-0.25, -0.2) is 9.59 Å². The van der Waals surface area contributed by atoms with Crippen LogP contribution in [0, 0.1) is 5.92 Å². The summed E-state index contributed by atoms with van der Waals surface area (Å²) >= 11 is 0. The average Bonchev–Trinajstić information content (AvgIpc) is 3.16. The summed E-state index contributed by atoms with van der Waals surface area (Å²) in [5.41, 5.74) is -2.58. The van der Waals surface area contributed by atoms with Crippen molar-refractivity contribution in [2.75, 3.05) is 0 Å². The summed E-state index contributed by atoms with van der Waals surface area (Å²) < 4.78 is 1.01. The highest BCUT2D eigenvalue weighted by Gasteiger charge is 2.48. The summed E-state index contributed by atoms with van der Waals surface area (Å²) in [5.74, 6) is -1.77. The number of nitrogens with zero attached hydrogens (tertiary/aromatic N) is 1. The zero-order valence-corrected chi connectivity index (χ0v) is 10.9. The standard InChI is InChI=1S/C12H15N3O5/c1-12(10(18)19,7-2-3-7)14-9(17)6-15-5-4-8(16)13-11(15)20/h4-5,7H,2-3,6H2,1H3,(H,14,17)(H,18,19)(H,13,16,20). The van der Waals surface area contributed by atoms with Crippen molar-refractivity contribution in [3.63, 3.8) is 0 Å². The Kier molecular flexibility index (Phi) is 3.47. The summed E-state index contributed by atoms with van der Waals surface area (Å²) in [5, 5.41) is 11.7. The largest absolute Gasteiger partial charge is 0.480 e. The van der Waals surface area contributed by atoms with Gasteiger partial charge in [0, 0.05) is 12.3 Å². The van der Waals surface area contributed by atoms with Crippen LogP contribution in [0.4, 0.5) is 0 Å². The van der Waals surface area contributed by atoms with Crippen molar-refractivity contribution < 1.29 is 14.7 Å². The zero-order chi connectivity index (χ0) is 14.9. The maximum Gasteiger partial charge on any atom is 0.329 e. The first-order chi connectivity index (χ1) is 9.33. The van der Waals surface area contributed by atoms with Crippen LogP contribution < -0.4 is 16.6 Å². The van der Waals surface area contributed by atoms with E-state index in [0.717, 1.165) is 23.5 Å². The number of aliphatic carboxylic acids is 1. The normalized spacial score (nSPS) is 17.2. The van der Waals surface area contributed by atoms with E-state index in [1.165, 1.54) is 13.1 Å². The lowest BCUT2D eigenvalue weighted by molar-refractivity contribution is -0.148. The van der Waals surface area contributed by atoms with E-state index >= 15 is 0 Å². The number of carbonyl (C=O) groups is 2.